The van der Waals surface area contributed by atoms with Crippen LogP contribution in [-0.2, 0) is 35.5 Å². The van der Waals surface area contributed by atoms with E-state index in [1.807, 2.05) is 0 Å². The van der Waals surface area contributed by atoms with E-state index in [2.05, 4.69) is 0 Å². The van der Waals surface area contributed by atoms with Crippen LogP contribution in [0, 0.1) is 0 Å². The average Bonchev–Trinajstić information content (AvgIpc) is 2.61. The van der Waals surface area contributed by atoms with E-state index < -0.39 is 28.0 Å². The largest absolute Gasteiger partial charge is 0.453 e. The fourth-order valence-corrected chi connectivity index (χ4v) is 3.73. The molecule has 1 aliphatic heterocycles. The van der Waals surface area contributed by atoms with Crippen LogP contribution < -0.4 is 5.73 Å². The minimum atomic E-state index is -3.53. The van der Waals surface area contributed by atoms with Gasteiger partial charge in [0.2, 0.25) is 10.0 Å². The molecule has 9 heteroatoms. The maximum absolute atomic E-state index is 12.5. The van der Waals surface area contributed by atoms with Crippen molar-refractivity contribution in [1.29, 1.82) is 0 Å². The molecule has 1 aromatic carbocycles. The highest BCUT2D eigenvalue weighted by Gasteiger charge is 2.26. The van der Waals surface area contributed by atoms with Gasteiger partial charge < -0.3 is 15.2 Å². The molecule has 0 bridgehead atoms. The summed E-state index contributed by atoms with van der Waals surface area (Å²) in [5, 5.41) is 0. The molecule has 1 fully saturated rings. The molecule has 1 amide bonds. The number of primary amides is 1. The molecular weight excluding hydrogens is 348 g/mol. The number of esters is 1. The molecule has 138 valence electrons. The van der Waals surface area contributed by atoms with Gasteiger partial charge in [-0.05, 0) is 31.0 Å². The summed E-state index contributed by atoms with van der Waals surface area (Å²) >= 11 is 0. The first-order valence-corrected chi connectivity index (χ1v) is 9.40. The zero-order chi connectivity index (χ0) is 18.4. The van der Waals surface area contributed by atoms with Gasteiger partial charge in [-0.2, -0.15) is 4.31 Å². The van der Waals surface area contributed by atoms with Crippen LogP contribution in [0.1, 0.15) is 18.9 Å². The van der Waals surface area contributed by atoms with Crippen LogP contribution in [0.3, 0.4) is 0 Å². The van der Waals surface area contributed by atoms with Gasteiger partial charge >= 0.3 is 5.97 Å². The van der Waals surface area contributed by atoms with E-state index in [1.165, 1.54) is 23.4 Å². The van der Waals surface area contributed by atoms with Crippen molar-refractivity contribution in [3.8, 4) is 0 Å². The van der Waals surface area contributed by atoms with E-state index in [0.29, 0.717) is 32.7 Å². The van der Waals surface area contributed by atoms with Gasteiger partial charge in [-0.3, -0.25) is 9.59 Å². The molecule has 1 aromatic rings. The van der Waals surface area contributed by atoms with Gasteiger partial charge in [-0.25, -0.2) is 8.42 Å². The second-order valence-electron chi connectivity index (χ2n) is 5.69. The van der Waals surface area contributed by atoms with E-state index in [9.17, 15) is 18.0 Å². The summed E-state index contributed by atoms with van der Waals surface area (Å²) in [6.45, 7) is 2.87. The van der Waals surface area contributed by atoms with Crippen molar-refractivity contribution < 1.29 is 27.5 Å². The number of amides is 1. The number of rotatable bonds is 7. The number of aryl methyl sites for hydroxylation is 1. The van der Waals surface area contributed by atoms with Gasteiger partial charge in [0.25, 0.3) is 5.91 Å². The molecule has 1 atom stereocenters. The molecule has 1 unspecified atom stereocenters. The average molecular weight is 370 g/mol. The topological polar surface area (TPSA) is 116 Å². The minimum Gasteiger partial charge on any atom is -0.453 e. The van der Waals surface area contributed by atoms with E-state index in [1.54, 1.807) is 12.1 Å². The molecule has 1 heterocycles. The number of sulfonamides is 1. The Morgan fingerprint density at radius 1 is 1.24 bits per heavy atom. The lowest BCUT2D eigenvalue weighted by Crippen LogP contribution is -2.40. The standard InChI is InChI=1S/C16H22N2O6S/c1-12(16(17)20)24-15(19)7-4-13-2-5-14(6-3-13)25(21,22)18-8-10-23-11-9-18/h2-3,5-6,12H,4,7-11H2,1H3,(H2,17,20). The number of ether oxygens (including phenoxy) is 2. The molecule has 8 nitrogen and oxygen atoms in total. The number of carbonyl (C=O) groups is 2. The highest BCUT2D eigenvalue weighted by atomic mass is 32.2. The Balaban J connectivity index is 1.93. The lowest BCUT2D eigenvalue weighted by molar-refractivity contribution is -0.153. The third-order valence-corrected chi connectivity index (χ3v) is 5.77. The van der Waals surface area contributed by atoms with Gasteiger partial charge in [0, 0.05) is 19.5 Å². The second kappa shape index (κ2) is 8.41. The zero-order valence-corrected chi connectivity index (χ0v) is 14.8. The van der Waals surface area contributed by atoms with Gasteiger partial charge in [-0.15, -0.1) is 0 Å². The number of morpholine rings is 1. The SMILES string of the molecule is CC(OC(=O)CCc1ccc(S(=O)(=O)N2CCOCC2)cc1)C(N)=O. The number of nitrogens with zero attached hydrogens (tertiary/aromatic N) is 1. The summed E-state index contributed by atoms with van der Waals surface area (Å²) in [5.74, 6) is -1.23. The number of benzene rings is 1. The molecule has 0 spiro atoms. The minimum absolute atomic E-state index is 0.0766. The number of hydrogen-bond donors (Lipinski definition) is 1. The molecule has 2 N–H and O–H groups in total. The fraction of sp³-hybridized carbons (Fsp3) is 0.500. The van der Waals surface area contributed by atoms with E-state index in [-0.39, 0.29) is 11.3 Å². The number of hydrogen-bond acceptors (Lipinski definition) is 6. The third kappa shape index (κ3) is 5.25. The van der Waals surface area contributed by atoms with Crippen molar-refractivity contribution in [3.63, 3.8) is 0 Å². The van der Waals surface area contributed by atoms with Crippen molar-refractivity contribution >= 4 is 21.9 Å². The predicted molar refractivity (Wildman–Crippen MR) is 89.1 cm³/mol. The number of carbonyl (C=O) groups excluding carboxylic acids is 2. The summed E-state index contributed by atoms with van der Waals surface area (Å²) < 4.78 is 36.4. The summed E-state index contributed by atoms with van der Waals surface area (Å²) in [6.07, 6.45) is -0.511. The van der Waals surface area contributed by atoms with Gasteiger partial charge in [0.1, 0.15) is 0 Å². The summed E-state index contributed by atoms with van der Waals surface area (Å²) in [4.78, 5) is 22.7. The van der Waals surface area contributed by atoms with Gasteiger partial charge in [0.05, 0.1) is 18.1 Å². The van der Waals surface area contributed by atoms with Crippen LogP contribution in [0.25, 0.3) is 0 Å². The van der Waals surface area contributed by atoms with Crippen LogP contribution in [0.4, 0.5) is 0 Å². The third-order valence-electron chi connectivity index (χ3n) is 3.86. The molecule has 0 radical (unpaired) electrons. The lowest BCUT2D eigenvalue weighted by Gasteiger charge is -2.26. The Morgan fingerprint density at radius 2 is 1.84 bits per heavy atom. The van der Waals surface area contributed by atoms with E-state index in [4.69, 9.17) is 15.2 Å². The van der Waals surface area contributed by atoms with E-state index in [0.717, 1.165) is 5.56 Å². The zero-order valence-electron chi connectivity index (χ0n) is 14.0. The van der Waals surface area contributed by atoms with Gasteiger partial charge in [-0.1, -0.05) is 12.1 Å². The smallest absolute Gasteiger partial charge is 0.306 e. The van der Waals surface area contributed by atoms with E-state index >= 15 is 0 Å². The van der Waals surface area contributed by atoms with Crippen molar-refractivity contribution in [2.24, 2.45) is 5.73 Å². The molecule has 0 saturated carbocycles. The van der Waals surface area contributed by atoms with Crippen molar-refractivity contribution in [3.05, 3.63) is 29.8 Å². The highest BCUT2D eigenvalue weighted by molar-refractivity contribution is 7.89. The van der Waals surface area contributed by atoms with Crippen LogP contribution in [0.15, 0.2) is 29.2 Å². The first-order chi connectivity index (χ1) is 11.8. The fourth-order valence-electron chi connectivity index (χ4n) is 2.32. The van der Waals surface area contributed by atoms with Crippen LogP contribution in [0.5, 0.6) is 0 Å². The Labute approximate surface area is 146 Å². The Morgan fingerprint density at radius 3 is 2.40 bits per heavy atom. The maximum Gasteiger partial charge on any atom is 0.306 e. The lowest BCUT2D eigenvalue weighted by atomic mass is 10.1. The van der Waals surface area contributed by atoms with Crippen LogP contribution in [-0.4, -0.2) is 57.0 Å². The first-order valence-electron chi connectivity index (χ1n) is 7.96. The highest BCUT2D eigenvalue weighted by Crippen LogP contribution is 2.18. The summed E-state index contributed by atoms with van der Waals surface area (Å²) in [7, 11) is -3.53. The molecule has 0 aliphatic carbocycles. The maximum atomic E-state index is 12.5. The Bertz CT molecular complexity index is 711. The molecule has 0 aromatic heterocycles. The van der Waals surface area contributed by atoms with Crippen molar-refractivity contribution in [2.75, 3.05) is 26.3 Å². The first kappa shape index (κ1) is 19.4. The van der Waals surface area contributed by atoms with Gasteiger partial charge in [0.15, 0.2) is 6.10 Å². The Kier molecular flexibility index (Phi) is 6.51. The summed E-state index contributed by atoms with van der Waals surface area (Å²) in [6, 6.07) is 6.38. The summed E-state index contributed by atoms with van der Waals surface area (Å²) in [5.41, 5.74) is 5.82. The van der Waals surface area contributed by atoms with Crippen LogP contribution >= 0.6 is 0 Å². The monoisotopic (exact) mass is 370 g/mol. The second-order valence-corrected chi connectivity index (χ2v) is 7.63. The Hall–Kier alpha value is -1.97. The predicted octanol–water partition coefficient (Wildman–Crippen LogP) is 0.0571. The number of nitrogens with two attached hydrogens (primary N) is 1. The normalized spacial score (nSPS) is 17.0. The van der Waals surface area contributed by atoms with Crippen molar-refractivity contribution in [2.45, 2.75) is 30.8 Å². The quantitative estimate of drug-likeness (QED) is 0.678. The van der Waals surface area contributed by atoms with Crippen molar-refractivity contribution in [1.82, 2.24) is 4.31 Å². The molecule has 25 heavy (non-hydrogen) atoms. The molecule has 1 aliphatic rings. The molecular formula is C16H22N2O6S. The molecule has 1 saturated heterocycles. The van der Waals surface area contributed by atoms with Crippen LogP contribution in [0.2, 0.25) is 0 Å². The molecule has 2 rings (SSSR count).